The Balaban J connectivity index is 0.757. The van der Waals surface area contributed by atoms with Gasteiger partial charge in [0, 0.05) is 54.1 Å². The molecule has 0 spiro atoms. The lowest BCUT2D eigenvalue weighted by Crippen LogP contribution is -2.52. The molecule has 15 nitrogen and oxygen atoms in total. The molecule has 4 fully saturated rings. The Labute approximate surface area is 326 Å². The maximum Gasteiger partial charge on any atom is 0.261 e. The SMILES string of the molecule is O=C1CCC(NC(=O)c2ccc(OC3CC(NC4CCC(/C=[N+]5\C=c6cc(NC(=O)c7cnn8cccnc78)c(OCC7CC7)cc6=N5)CC4)C3)cc2F)C(=O)N1. The second-order valence-corrected chi connectivity index (χ2v) is 15.6. The summed E-state index contributed by atoms with van der Waals surface area (Å²) >= 11 is 0. The summed E-state index contributed by atoms with van der Waals surface area (Å²) in [4.78, 5) is 53.6. The molecule has 3 saturated carbocycles. The van der Waals surface area contributed by atoms with Crippen LogP contribution in [0.4, 0.5) is 10.1 Å². The first kappa shape index (κ1) is 36.6. The van der Waals surface area contributed by atoms with Gasteiger partial charge in [0.15, 0.2) is 11.9 Å². The molecule has 4 N–H and O–H groups in total. The van der Waals surface area contributed by atoms with Crippen LogP contribution in [0, 0.1) is 17.7 Å². The van der Waals surface area contributed by atoms with E-state index in [2.05, 4.69) is 37.6 Å². The monoisotopic (exact) mass is 776 g/mol. The number of hydrogen-bond acceptors (Lipinski definition) is 10. The van der Waals surface area contributed by atoms with Crippen molar-refractivity contribution in [2.75, 3.05) is 11.9 Å². The summed E-state index contributed by atoms with van der Waals surface area (Å²) in [5.74, 6) is -0.909. The van der Waals surface area contributed by atoms with Crippen LogP contribution < -0.4 is 41.3 Å². The second kappa shape index (κ2) is 15.5. The van der Waals surface area contributed by atoms with Crippen molar-refractivity contribution in [2.24, 2.45) is 16.9 Å². The fourth-order valence-corrected chi connectivity index (χ4v) is 7.83. The number of carbonyl (C=O) groups is 4. The molecule has 3 aliphatic carbocycles. The fraction of sp³-hybridized carbons (Fsp3) is 0.415. The van der Waals surface area contributed by atoms with Crippen molar-refractivity contribution in [1.82, 2.24) is 30.5 Å². The minimum atomic E-state index is -0.882. The number of imide groups is 1. The molecule has 9 rings (SSSR count). The predicted molar refractivity (Wildman–Crippen MR) is 204 cm³/mol. The molecular formula is C41H43FN9O6+. The van der Waals surface area contributed by atoms with Crippen molar-refractivity contribution in [2.45, 2.75) is 88.4 Å². The Kier molecular flexibility index (Phi) is 9.94. The lowest BCUT2D eigenvalue weighted by atomic mass is 9.83. The van der Waals surface area contributed by atoms with Gasteiger partial charge in [-0.05, 0) is 88.0 Å². The van der Waals surface area contributed by atoms with Gasteiger partial charge in [0.2, 0.25) is 18.0 Å². The first-order chi connectivity index (χ1) is 27.7. The number of hydrogen-bond donors (Lipinski definition) is 4. The molecule has 294 valence electrons. The van der Waals surface area contributed by atoms with Gasteiger partial charge in [-0.2, -0.15) is 5.10 Å². The number of amides is 4. The lowest BCUT2D eigenvalue weighted by Gasteiger charge is -2.39. The van der Waals surface area contributed by atoms with Crippen LogP contribution in [0.25, 0.3) is 11.8 Å². The van der Waals surface area contributed by atoms with E-state index in [1.807, 2.05) is 23.0 Å². The lowest BCUT2D eigenvalue weighted by molar-refractivity contribution is -0.424. The maximum absolute atomic E-state index is 14.9. The summed E-state index contributed by atoms with van der Waals surface area (Å²) in [6.07, 6.45) is 17.3. The molecule has 0 bridgehead atoms. The Hall–Kier alpha value is -6.03. The second-order valence-electron chi connectivity index (χ2n) is 15.6. The zero-order valence-corrected chi connectivity index (χ0v) is 31.2. The van der Waals surface area contributed by atoms with E-state index in [0.717, 1.165) is 61.9 Å². The normalized spacial score (nSPS) is 24.8. The van der Waals surface area contributed by atoms with Gasteiger partial charge < -0.3 is 25.4 Å². The van der Waals surface area contributed by atoms with E-state index in [0.29, 0.717) is 58.9 Å². The third kappa shape index (κ3) is 8.26. The van der Waals surface area contributed by atoms with Crippen molar-refractivity contribution in [3.63, 3.8) is 0 Å². The zero-order valence-electron chi connectivity index (χ0n) is 31.2. The highest BCUT2D eigenvalue weighted by atomic mass is 19.1. The van der Waals surface area contributed by atoms with Crippen LogP contribution in [-0.4, -0.2) is 80.0 Å². The Morgan fingerprint density at radius 3 is 2.63 bits per heavy atom. The third-order valence-corrected chi connectivity index (χ3v) is 11.3. The van der Waals surface area contributed by atoms with Gasteiger partial charge in [-0.15, -0.1) is 0 Å². The van der Waals surface area contributed by atoms with Crippen LogP contribution >= 0.6 is 0 Å². The van der Waals surface area contributed by atoms with Crippen LogP contribution in [0.1, 0.15) is 84.9 Å². The van der Waals surface area contributed by atoms with Gasteiger partial charge >= 0.3 is 0 Å². The van der Waals surface area contributed by atoms with E-state index in [9.17, 15) is 23.6 Å². The summed E-state index contributed by atoms with van der Waals surface area (Å²) in [6, 6.07) is 9.52. The summed E-state index contributed by atoms with van der Waals surface area (Å²) in [6.45, 7) is 0.595. The molecule has 1 unspecified atom stereocenters. The van der Waals surface area contributed by atoms with E-state index in [1.165, 1.54) is 18.3 Å². The molecule has 57 heavy (non-hydrogen) atoms. The number of rotatable bonds is 12. The number of benzene rings is 2. The fourth-order valence-electron chi connectivity index (χ4n) is 7.83. The molecule has 16 heteroatoms. The molecule has 4 heterocycles. The first-order valence-corrected chi connectivity index (χ1v) is 19.7. The number of piperidine rings is 1. The van der Waals surface area contributed by atoms with Crippen LogP contribution in [-0.2, 0) is 9.59 Å². The van der Waals surface area contributed by atoms with E-state index in [-0.39, 0.29) is 30.4 Å². The van der Waals surface area contributed by atoms with Gasteiger partial charge in [0.05, 0.1) is 29.3 Å². The number of nitrogens with zero attached hydrogens (tertiary/aromatic N) is 5. The van der Waals surface area contributed by atoms with E-state index in [1.54, 1.807) is 29.0 Å². The standard InChI is InChI=1S/C41H42FN9O6/c42-32-17-28(8-9-30(32)39(53)46-33-10-11-37(52)48-41(33)55)57-29-15-27(16-29)45-26-6-4-23(5-7-26)20-50-21-25-14-35(36(18-34(25)49-50)56-22-24-2-3-24)47-40(54)31-19-44-51-13-1-12-43-38(31)51/h1,8-9,12-14,17-21,23-24,26-27,29,33,45H,2-7,10-11,15-16,22H2,(H2-,46,47,48,52,53,54,55)/p+1/b50-20+. The minimum Gasteiger partial charge on any atom is -0.491 e. The van der Waals surface area contributed by atoms with Crippen molar-refractivity contribution in [1.29, 1.82) is 0 Å². The molecule has 0 radical (unpaired) electrons. The quantitative estimate of drug-likeness (QED) is 0.124. The molecule has 1 saturated heterocycles. The van der Waals surface area contributed by atoms with Crippen LogP contribution in [0.2, 0.25) is 0 Å². The number of anilines is 1. The van der Waals surface area contributed by atoms with Crippen molar-refractivity contribution in [3.8, 4) is 11.5 Å². The van der Waals surface area contributed by atoms with Gasteiger partial charge in [-0.25, -0.2) is 13.9 Å². The van der Waals surface area contributed by atoms with E-state index in [4.69, 9.17) is 14.6 Å². The highest BCUT2D eigenvalue weighted by Gasteiger charge is 2.35. The molecule has 2 aromatic carbocycles. The van der Waals surface area contributed by atoms with Gasteiger partial charge in [0.25, 0.3) is 11.8 Å². The van der Waals surface area contributed by atoms with Gasteiger partial charge in [0.1, 0.15) is 40.4 Å². The predicted octanol–water partition coefficient (Wildman–Crippen LogP) is 2.57. The third-order valence-electron chi connectivity index (χ3n) is 11.3. The van der Waals surface area contributed by atoms with Gasteiger partial charge in [-0.1, -0.05) is 4.68 Å². The summed E-state index contributed by atoms with van der Waals surface area (Å²) in [5.41, 5.74) is 1.25. The number of halogens is 1. The topological polar surface area (TPSA) is 180 Å². The zero-order chi connectivity index (χ0) is 39.0. The molecular weight excluding hydrogens is 734 g/mol. The van der Waals surface area contributed by atoms with Crippen molar-refractivity contribution < 1.29 is 37.7 Å². The Morgan fingerprint density at radius 1 is 1.00 bits per heavy atom. The molecule has 2 aromatic heterocycles. The Morgan fingerprint density at radius 2 is 1.84 bits per heavy atom. The average molecular weight is 777 g/mol. The van der Waals surface area contributed by atoms with Crippen LogP contribution in [0.5, 0.6) is 11.5 Å². The number of carbonyl (C=O) groups excluding carboxylic acids is 4. The Bertz CT molecular complexity index is 2420. The molecule has 5 aliphatic rings. The van der Waals surface area contributed by atoms with Crippen LogP contribution in [0.15, 0.2) is 60.1 Å². The molecule has 2 aliphatic heterocycles. The summed E-state index contributed by atoms with van der Waals surface area (Å²) in [7, 11) is 0. The minimum absolute atomic E-state index is 0.0554. The maximum atomic E-state index is 14.9. The number of ether oxygens (including phenoxy) is 2. The smallest absolute Gasteiger partial charge is 0.261 e. The molecule has 4 aromatic rings. The van der Waals surface area contributed by atoms with Gasteiger partial charge in [-0.3, -0.25) is 24.5 Å². The van der Waals surface area contributed by atoms with Crippen molar-refractivity contribution in [3.05, 3.63) is 82.5 Å². The largest absolute Gasteiger partial charge is 0.491 e. The van der Waals surface area contributed by atoms with E-state index < -0.39 is 29.6 Å². The van der Waals surface area contributed by atoms with E-state index >= 15 is 0 Å². The summed E-state index contributed by atoms with van der Waals surface area (Å²) in [5, 5.41) is 22.3. The molecule has 1 atom stereocenters. The average Bonchev–Trinajstić information content (AvgIpc) is 3.78. The number of aromatic nitrogens is 3. The van der Waals surface area contributed by atoms with Crippen LogP contribution in [0.3, 0.4) is 0 Å². The molecule has 4 amide bonds. The number of fused-ring (bicyclic) bond motifs is 2. The number of nitrogens with one attached hydrogen (secondary N) is 4. The highest BCUT2D eigenvalue weighted by Crippen LogP contribution is 2.32. The van der Waals surface area contributed by atoms with Crippen molar-refractivity contribution >= 4 is 47.4 Å². The summed E-state index contributed by atoms with van der Waals surface area (Å²) < 4.78 is 30.5. The first-order valence-electron chi connectivity index (χ1n) is 19.7. The highest BCUT2D eigenvalue weighted by molar-refractivity contribution is 6.08.